The largest absolute Gasteiger partial charge is 0.388 e. The summed E-state index contributed by atoms with van der Waals surface area (Å²) in [5.74, 6) is 0.180. The maximum Gasteiger partial charge on any atom is 0.350 e. The molecule has 1 fully saturated rings. The van der Waals surface area contributed by atoms with E-state index in [0.717, 1.165) is 0 Å². The summed E-state index contributed by atoms with van der Waals surface area (Å²) in [7, 11) is 1.50. The predicted molar refractivity (Wildman–Crippen MR) is 68.8 cm³/mol. The van der Waals surface area contributed by atoms with Crippen molar-refractivity contribution in [3.63, 3.8) is 0 Å². The fraction of sp³-hybridized carbons (Fsp3) is 0.545. The van der Waals surface area contributed by atoms with Crippen LogP contribution in [0.1, 0.15) is 13.2 Å². The van der Waals surface area contributed by atoms with Crippen LogP contribution in [-0.4, -0.2) is 47.6 Å². The van der Waals surface area contributed by atoms with Crippen LogP contribution in [-0.2, 0) is 11.8 Å². The van der Waals surface area contributed by atoms with E-state index in [-0.39, 0.29) is 11.5 Å². The van der Waals surface area contributed by atoms with Crippen LogP contribution in [0.3, 0.4) is 0 Å². The Hall–Kier alpha value is -1.97. The number of anilines is 1. The molecule has 0 spiro atoms. The number of nitrogens with two attached hydrogens (primary N) is 1. The Kier molecular flexibility index (Phi) is 2.78. The maximum atomic E-state index is 11.7. The molecule has 9 nitrogen and oxygen atoms in total. The van der Waals surface area contributed by atoms with E-state index in [9.17, 15) is 15.0 Å². The van der Waals surface area contributed by atoms with Crippen molar-refractivity contribution in [3.8, 4) is 0 Å². The highest BCUT2D eigenvalue weighted by Crippen LogP contribution is 2.31. The minimum absolute atomic E-state index is 0.180. The second kappa shape index (κ2) is 4.27. The molecule has 3 rings (SSSR count). The molecule has 1 unspecified atom stereocenters. The van der Waals surface area contributed by atoms with Gasteiger partial charge in [0.1, 0.15) is 23.5 Å². The van der Waals surface area contributed by atoms with Gasteiger partial charge >= 0.3 is 5.69 Å². The van der Waals surface area contributed by atoms with Crippen LogP contribution in [0.15, 0.2) is 11.1 Å². The first-order valence-corrected chi connectivity index (χ1v) is 6.12. The molecule has 1 aliphatic rings. The molecule has 1 aliphatic heterocycles. The summed E-state index contributed by atoms with van der Waals surface area (Å²) in [4.78, 5) is 19.7. The van der Waals surface area contributed by atoms with E-state index in [2.05, 4.69) is 9.97 Å². The quantitative estimate of drug-likeness (QED) is 0.571. The molecule has 9 heteroatoms. The molecular weight excluding hydrogens is 266 g/mol. The summed E-state index contributed by atoms with van der Waals surface area (Å²) in [6.45, 7) is 1.65. The zero-order chi connectivity index (χ0) is 14.6. The average Bonchev–Trinajstić information content (AvgIpc) is 2.93. The molecule has 0 aliphatic carbocycles. The number of aromatic nitrogens is 4. The molecule has 0 amide bonds. The number of hydrogen-bond donors (Lipinski definition) is 3. The lowest BCUT2D eigenvalue weighted by molar-refractivity contribution is -0.0299. The van der Waals surface area contributed by atoms with E-state index in [1.807, 2.05) is 0 Å². The number of rotatable bonds is 1. The van der Waals surface area contributed by atoms with E-state index >= 15 is 0 Å². The molecule has 0 saturated carbocycles. The highest BCUT2D eigenvalue weighted by Gasteiger charge is 2.42. The van der Waals surface area contributed by atoms with Crippen molar-refractivity contribution in [2.75, 3.05) is 5.73 Å². The third kappa shape index (κ3) is 1.64. The van der Waals surface area contributed by atoms with Gasteiger partial charge in [-0.25, -0.2) is 9.78 Å². The Labute approximate surface area is 113 Å². The van der Waals surface area contributed by atoms with Gasteiger partial charge in [-0.1, -0.05) is 0 Å². The predicted octanol–water partition coefficient (Wildman–Crippen LogP) is -1.65. The van der Waals surface area contributed by atoms with Crippen molar-refractivity contribution in [1.29, 1.82) is 0 Å². The Morgan fingerprint density at radius 1 is 1.40 bits per heavy atom. The molecular formula is C11H15N5O4. The van der Waals surface area contributed by atoms with Gasteiger partial charge in [0.2, 0.25) is 0 Å². The summed E-state index contributed by atoms with van der Waals surface area (Å²) >= 11 is 0. The number of hydrogen-bond acceptors (Lipinski definition) is 7. The van der Waals surface area contributed by atoms with Crippen LogP contribution in [0, 0.1) is 0 Å². The van der Waals surface area contributed by atoms with Crippen molar-refractivity contribution >= 4 is 17.0 Å². The van der Waals surface area contributed by atoms with E-state index in [4.69, 9.17) is 10.5 Å². The molecule has 0 aromatic carbocycles. The minimum atomic E-state index is -1.13. The Morgan fingerprint density at radius 3 is 2.70 bits per heavy atom. The molecule has 20 heavy (non-hydrogen) atoms. The number of nitrogen functional groups attached to an aromatic ring is 1. The smallest absolute Gasteiger partial charge is 0.350 e. The minimum Gasteiger partial charge on any atom is -0.388 e. The van der Waals surface area contributed by atoms with E-state index in [1.54, 1.807) is 6.92 Å². The molecule has 3 heterocycles. The van der Waals surface area contributed by atoms with Gasteiger partial charge in [-0.05, 0) is 6.92 Å². The highest BCUT2D eigenvalue weighted by molar-refractivity contribution is 5.81. The van der Waals surface area contributed by atoms with Gasteiger partial charge in [0.05, 0.1) is 12.4 Å². The van der Waals surface area contributed by atoms with Crippen LogP contribution in [0.4, 0.5) is 5.82 Å². The standard InChI is InChI=1S/C11H15N5O4/c1-4-6(17)7(18)10(20-4)16-3-13-5-8(12)15(2)11(19)14-9(5)16/h3-4,6-7,10,17-18H,12H2,1-2H3/t4-,6-,7-,10?/m1/s1. The first-order chi connectivity index (χ1) is 9.41. The van der Waals surface area contributed by atoms with Gasteiger partial charge in [-0.3, -0.25) is 9.13 Å². The molecule has 2 aromatic rings. The van der Waals surface area contributed by atoms with Crippen molar-refractivity contribution in [2.24, 2.45) is 7.05 Å². The number of aliphatic hydroxyl groups is 2. The van der Waals surface area contributed by atoms with Gasteiger partial charge in [-0.15, -0.1) is 0 Å². The number of imidazole rings is 1. The lowest BCUT2D eigenvalue weighted by atomic mass is 10.1. The van der Waals surface area contributed by atoms with Crippen molar-refractivity contribution in [1.82, 2.24) is 19.1 Å². The van der Waals surface area contributed by atoms with Crippen molar-refractivity contribution in [3.05, 3.63) is 16.8 Å². The van der Waals surface area contributed by atoms with Crippen molar-refractivity contribution in [2.45, 2.75) is 31.5 Å². The molecule has 108 valence electrons. The van der Waals surface area contributed by atoms with Gasteiger partial charge < -0.3 is 20.7 Å². The molecule has 1 saturated heterocycles. The lowest BCUT2D eigenvalue weighted by Gasteiger charge is -2.16. The summed E-state index contributed by atoms with van der Waals surface area (Å²) < 4.78 is 8.07. The van der Waals surface area contributed by atoms with E-state index < -0.39 is 30.2 Å². The number of aliphatic hydroxyl groups excluding tert-OH is 2. The molecule has 4 atom stereocenters. The third-order valence-electron chi connectivity index (χ3n) is 3.61. The summed E-state index contributed by atoms with van der Waals surface area (Å²) in [5, 5.41) is 19.7. The zero-order valence-corrected chi connectivity index (χ0v) is 11.0. The van der Waals surface area contributed by atoms with Crippen LogP contribution < -0.4 is 11.4 Å². The second-order valence-corrected chi connectivity index (χ2v) is 4.88. The Bertz CT molecular complexity index is 723. The van der Waals surface area contributed by atoms with Gasteiger partial charge in [0, 0.05) is 7.05 Å². The van der Waals surface area contributed by atoms with E-state index in [0.29, 0.717) is 5.52 Å². The molecule has 2 aromatic heterocycles. The lowest BCUT2D eigenvalue weighted by Crippen LogP contribution is -2.30. The number of ether oxygens (including phenoxy) is 1. The fourth-order valence-corrected chi connectivity index (χ4v) is 2.32. The summed E-state index contributed by atoms with van der Waals surface area (Å²) in [6, 6.07) is 0. The monoisotopic (exact) mass is 281 g/mol. The van der Waals surface area contributed by atoms with Gasteiger partial charge in [0.15, 0.2) is 11.9 Å². The van der Waals surface area contributed by atoms with Crippen LogP contribution in [0.5, 0.6) is 0 Å². The highest BCUT2D eigenvalue weighted by atomic mass is 16.6. The van der Waals surface area contributed by atoms with Gasteiger partial charge in [0.25, 0.3) is 0 Å². The van der Waals surface area contributed by atoms with Crippen molar-refractivity contribution < 1.29 is 14.9 Å². The normalized spacial score (nSPS) is 30.2. The molecule has 0 radical (unpaired) electrons. The number of nitrogens with zero attached hydrogens (tertiary/aromatic N) is 4. The Balaban J connectivity index is 2.17. The summed E-state index contributed by atoms with van der Waals surface area (Å²) in [5.41, 5.74) is 5.85. The first kappa shape index (κ1) is 13.0. The topological polar surface area (TPSA) is 128 Å². The molecule has 0 bridgehead atoms. The number of fused-ring (bicyclic) bond motifs is 1. The maximum absolute atomic E-state index is 11.7. The van der Waals surface area contributed by atoms with Crippen LogP contribution in [0.2, 0.25) is 0 Å². The van der Waals surface area contributed by atoms with Crippen LogP contribution in [0.25, 0.3) is 11.2 Å². The van der Waals surface area contributed by atoms with Crippen LogP contribution >= 0.6 is 0 Å². The summed E-state index contributed by atoms with van der Waals surface area (Å²) in [6.07, 6.45) is -2.15. The average molecular weight is 281 g/mol. The first-order valence-electron chi connectivity index (χ1n) is 6.12. The molecule has 4 N–H and O–H groups in total. The van der Waals surface area contributed by atoms with E-state index in [1.165, 1.54) is 22.5 Å². The second-order valence-electron chi connectivity index (χ2n) is 4.88. The SMILES string of the molecule is C[C@H]1OC(n2cnc3c(N)n(C)c(=O)nc32)[C@H](O)[C@@H]1O. The van der Waals surface area contributed by atoms with Gasteiger partial charge in [-0.2, -0.15) is 4.98 Å². The third-order valence-corrected chi connectivity index (χ3v) is 3.61. The fourth-order valence-electron chi connectivity index (χ4n) is 2.32. The Morgan fingerprint density at radius 2 is 2.10 bits per heavy atom. The zero-order valence-electron chi connectivity index (χ0n) is 11.0.